The Hall–Kier alpha value is -1.36. The van der Waals surface area contributed by atoms with Crippen LogP contribution in [0, 0.1) is 12.8 Å². The first-order valence-electron chi connectivity index (χ1n) is 6.13. The van der Waals surface area contributed by atoms with Crippen LogP contribution in [0.2, 0.25) is 0 Å². The number of rotatable bonds is 6. The van der Waals surface area contributed by atoms with Crippen molar-refractivity contribution < 1.29 is 17.9 Å². The SMILES string of the molecule is COc1cc(C)ccc1C(=O)CS(=O)(=O)CC(C)C. The Morgan fingerprint density at radius 1 is 1.32 bits per heavy atom. The average molecular weight is 284 g/mol. The summed E-state index contributed by atoms with van der Waals surface area (Å²) in [5.74, 6) is -0.433. The van der Waals surface area contributed by atoms with Gasteiger partial charge in [0.05, 0.1) is 18.4 Å². The van der Waals surface area contributed by atoms with Gasteiger partial charge in [-0.3, -0.25) is 4.79 Å². The minimum atomic E-state index is -3.37. The number of benzene rings is 1. The molecule has 1 aromatic carbocycles. The zero-order valence-corrected chi connectivity index (χ0v) is 12.6. The molecule has 0 atom stereocenters. The third-order valence-corrected chi connectivity index (χ3v) is 4.47. The Labute approximate surface area is 114 Å². The molecule has 0 N–H and O–H groups in total. The molecule has 0 aliphatic heterocycles. The van der Waals surface area contributed by atoms with Crippen molar-refractivity contribution in [1.29, 1.82) is 0 Å². The molecule has 19 heavy (non-hydrogen) atoms. The molecule has 4 nitrogen and oxygen atoms in total. The van der Waals surface area contributed by atoms with Crippen molar-refractivity contribution in [2.24, 2.45) is 5.92 Å². The fourth-order valence-electron chi connectivity index (χ4n) is 1.87. The van der Waals surface area contributed by atoms with Gasteiger partial charge in [0.1, 0.15) is 11.5 Å². The van der Waals surface area contributed by atoms with Crippen molar-refractivity contribution in [3.63, 3.8) is 0 Å². The lowest BCUT2D eigenvalue weighted by Gasteiger charge is -2.10. The van der Waals surface area contributed by atoms with Gasteiger partial charge in [0, 0.05) is 0 Å². The number of Topliss-reactive ketones (excluding diaryl/α,β-unsaturated/α-hetero) is 1. The lowest BCUT2D eigenvalue weighted by molar-refractivity contribution is 0.101. The lowest BCUT2D eigenvalue weighted by Crippen LogP contribution is -2.22. The van der Waals surface area contributed by atoms with Crippen molar-refractivity contribution in [3.05, 3.63) is 29.3 Å². The van der Waals surface area contributed by atoms with Crippen molar-refractivity contribution in [1.82, 2.24) is 0 Å². The van der Waals surface area contributed by atoms with E-state index in [1.54, 1.807) is 18.2 Å². The predicted molar refractivity (Wildman–Crippen MR) is 75.6 cm³/mol. The molecule has 0 radical (unpaired) electrons. The van der Waals surface area contributed by atoms with Gasteiger partial charge < -0.3 is 4.74 Å². The highest BCUT2D eigenvalue weighted by molar-refractivity contribution is 7.92. The monoisotopic (exact) mass is 284 g/mol. The number of carbonyl (C=O) groups is 1. The second kappa shape index (κ2) is 6.19. The van der Waals surface area contributed by atoms with Gasteiger partial charge >= 0.3 is 0 Å². The van der Waals surface area contributed by atoms with Crippen LogP contribution in [0.15, 0.2) is 18.2 Å². The van der Waals surface area contributed by atoms with E-state index in [2.05, 4.69) is 0 Å². The van der Waals surface area contributed by atoms with Gasteiger partial charge in [-0.05, 0) is 30.5 Å². The van der Waals surface area contributed by atoms with E-state index in [1.807, 2.05) is 20.8 Å². The quantitative estimate of drug-likeness (QED) is 0.752. The zero-order valence-electron chi connectivity index (χ0n) is 11.8. The van der Waals surface area contributed by atoms with E-state index in [9.17, 15) is 13.2 Å². The van der Waals surface area contributed by atoms with Gasteiger partial charge in [0.15, 0.2) is 15.6 Å². The van der Waals surface area contributed by atoms with E-state index in [4.69, 9.17) is 4.74 Å². The van der Waals surface area contributed by atoms with Gasteiger partial charge in [-0.2, -0.15) is 0 Å². The minimum Gasteiger partial charge on any atom is -0.496 e. The summed E-state index contributed by atoms with van der Waals surface area (Å²) in [6, 6.07) is 5.11. The van der Waals surface area contributed by atoms with Gasteiger partial charge in [0.25, 0.3) is 0 Å². The number of methoxy groups -OCH3 is 1. The highest BCUT2D eigenvalue weighted by Crippen LogP contribution is 2.21. The normalized spacial score (nSPS) is 11.6. The first-order valence-corrected chi connectivity index (χ1v) is 7.95. The summed E-state index contributed by atoms with van der Waals surface area (Å²) in [6.07, 6.45) is 0. The number of hydrogen-bond acceptors (Lipinski definition) is 4. The fraction of sp³-hybridized carbons (Fsp3) is 0.500. The fourth-order valence-corrected chi connectivity index (χ4v) is 3.56. The Kier molecular flexibility index (Phi) is 5.11. The Balaban J connectivity index is 2.96. The van der Waals surface area contributed by atoms with Crippen molar-refractivity contribution in [3.8, 4) is 5.75 Å². The van der Waals surface area contributed by atoms with Gasteiger partial charge in [-0.15, -0.1) is 0 Å². The third-order valence-electron chi connectivity index (χ3n) is 2.60. The number of ketones is 1. The van der Waals surface area contributed by atoms with E-state index in [1.165, 1.54) is 7.11 Å². The lowest BCUT2D eigenvalue weighted by atomic mass is 10.1. The molecule has 0 saturated carbocycles. The molecule has 0 aliphatic carbocycles. The van der Waals surface area contributed by atoms with Crippen molar-refractivity contribution in [2.45, 2.75) is 20.8 Å². The topological polar surface area (TPSA) is 60.4 Å². The number of sulfone groups is 1. The standard InChI is InChI=1S/C14H20O4S/c1-10(2)8-19(16,17)9-13(15)12-6-5-11(3)7-14(12)18-4/h5-7,10H,8-9H2,1-4H3. The maximum absolute atomic E-state index is 12.1. The van der Waals surface area contributed by atoms with Crippen LogP contribution in [-0.2, 0) is 9.84 Å². The van der Waals surface area contributed by atoms with Gasteiger partial charge in [-0.25, -0.2) is 8.42 Å². The molecule has 1 rings (SSSR count). The average Bonchev–Trinajstić information content (AvgIpc) is 2.25. The summed E-state index contributed by atoms with van der Waals surface area (Å²) in [6.45, 7) is 5.51. The summed E-state index contributed by atoms with van der Waals surface area (Å²) in [7, 11) is -1.90. The first kappa shape index (κ1) is 15.7. The van der Waals surface area contributed by atoms with Gasteiger partial charge in [0.2, 0.25) is 0 Å². The molecule has 106 valence electrons. The molecule has 0 bridgehead atoms. The van der Waals surface area contributed by atoms with Crippen LogP contribution in [-0.4, -0.2) is 32.8 Å². The van der Waals surface area contributed by atoms with Crippen molar-refractivity contribution >= 4 is 15.6 Å². The second-order valence-corrected chi connectivity index (χ2v) is 7.18. The molecule has 5 heteroatoms. The van der Waals surface area contributed by atoms with Crippen LogP contribution in [0.1, 0.15) is 29.8 Å². The third kappa shape index (κ3) is 4.67. The first-order chi connectivity index (χ1) is 8.75. The largest absolute Gasteiger partial charge is 0.496 e. The predicted octanol–water partition coefficient (Wildman–Crippen LogP) is 2.26. The molecule has 0 heterocycles. The van der Waals surface area contributed by atoms with Crippen molar-refractivity contribution in [2.75, 3.05) is 18.6 Å². The molecule has 0 spiro atoms. The van der Waals surface area contributed by atoms with Crippen LogP contribution < -0.4 is 4.74 Å². The highest BCUT2D eigenvalue weighted by Gasteiger charge is 2.21. The van der Waals surface area contributed by atoms with Crippen LogP contribution in [0.3, 0.4) is 0 Å². The molecule has 1 aromatic rings. The smallest absolute Gasteiger partial charge is 0.181 e. The summed E-state index contributed by atoms with van der Waals surface area (Å²) in [5.41, 5.74) is 1.28. The minimum absolute atomic E-state index is 0.0118. The number of ether oxygens (including phenoxy) is 1. The number of carbonyl (C=O) groups excluding carboxylic acids is 1. The highest BCUT2D eigenvalue weighted by atomic mass is 32.2. The molecule has 0 unspecified atom stereocenters. The van der Waals surface area contributed by atoms with Crippen LogP contribution >= 0.6 is 0 Å². The molecular formula is C14H20O4S. The molecule has 0 saturated heterocycles. The molecule has 0 aliphatic rings. The van der Waals surface area contributed by atoms with Crippen LogP contribution in [0.25, 0.3) is 0 Å². The Morgan fingerprint density at radius 3 is 2.47 bits per heavy atom. The number of aryl methyl sites for hydroxylation is 1. The summed E-state index contributed by atoms with van der Waals surface area (Å²) in [4.78, 5) is 12.1. The molecule has 0 fully saturated rings. The molecule has 0 amide bonds. The Bertz CT molecular complexity index is 559. The van der Waals surface area contributed by atoms with Gasteiger partial charge in [-0.1, -0.05) is 19.9 Å². The van der Waals surface area contributed by atoms with E-state index >= 15 is 0 Å². The second-order valence-electron chi connectivity index (χ2n) is 5.08. The van der Waals surface area contributed by atoms with E-state index < -0.39 is 21.4 Å². The summed E-state index contributed by atoms with van der Waals surface area (Å²) in [5, 5.41) is 0. The van der Waals surface area contributed by atoms with E-state index in [-0.39, 0.29) is 11.7 Å². The van der Waals surface area contributed by atoms with E-state index in [0.717, 1.165) is 5.56 Å². The molecular weight excluding hydrogens is 264 g/mol. The maximum Gasteiger partial charge on any atom is 0.181 e. The molecule has 0 aromatic heterocycles. The maximum atomic E-state index is 12.1. The van der Waals surface area contributed by atoms with Crippen LogP contribution in [0.5, 0.6) is 5.75 Å². The van der Waals surface area contributed by atoms with Crippen LogP contribution in [0.4, 0.5) is 0 Å². The summed E-state index contributed by atoms with van der Waals surface area (Å²) >= 11 is 0. The summed E-state index contributed by atoms with van der Waals surface area (Å²) < 4.78 is 28.8. The zero-order chi connectivity index (χ0) is 14.6. The Morgan fingerprint density at radius 2 is 1.95 bits per heavy atom. The van der Waals surface area contributed by atoms with E-state index in [0.29, 0.717) is 11.3 Å². The number of hydrogen-bond donors (Lipinski definition) is 0.